The van der Waals surface area contributed by atoms with E-state index in [0.29, 0.717) is 37.5 Å². The molecule has 26 heavy (non-hydrogen) atoms. The van der Waals surface area contributed by atoms with Crippen molar-refractivity contribution in [3.63, 3.8) is 0 Å². The predicted molar refractivity (Wildman–Crippen MR) is 96.0 cm³/mol. The molecule has 6 heteroatoms. The second-order valence-electron chi connectivity index (χ2n) is 7.00. The molecule has 0 atom stereocenters. The van der Waals surface area contributed by atoms with Gasteiger partial charge in [-0.3, -0.25) is 4.79 Å². The summed E-state index contributed by atoms with van der Waals surface area (Å²) in [4.78, 5) is 27.6. The SMILES string of the molecule is O=C(O)N1CCC(N(C(=O)c2ccc(-c3ccco3)cc2)C2CC2)CC1. The van der Waals surface area contributed by atoms with Crippen LogP contribution in [0.5, 0.6) is 0 Å². The lowest BCUT2D eigenvalue weighted by molar-refractivity contribution is 0.0551. The van der Waals surface area contributed by atoms with E-state index in [1.165, 1.54) is 4.90 Å². The number of hydrogen-bond donors (Lipinski definition) is 1. The summed E-state index contributed by atoms with van der Waals surface area (Å²) < 4.78 is 5.39. The molecule has 4 rings (SSSR count). The summed E-state index contributed by atoms with van der Waals surface area (Å²) in [6.45, 7) is 0.988. The van der Waals surface area contributed by atoms with E-state index in [1.54, 1.807) is 6.26 Å². The highest BCUT2D eigenvalue weighted by molar-refractivity contribution is 5.95. The molecule has 1 saturated heterocycles. The number of piperidine rings is 1. The number of furan rings is 1. The molecule has 0 unspecified atom stereocenters. The Morgan fingerprint density at radius 1 is 1.00 bits per heavy atom. The maximum atomic E-state index is 13.1. The van der Waals surface area contributed by atoms with Crippen molar-refractivity contribution in [2.75, 3.05) is 13.1 Å². The Labute approximate surface area is 152 Å². The van der Waals surface area contributed by atoms with Gasteiger partial charge in [0.15, 0.2) is 0 Å². The van der Waals surface area contributed by atoms with Gasteiger partial charge in [-0.05, 0) is 49.9 Å². The normalized spacial score (nSPS) is 17.9. The molecular formula is C20H22N2O4. The number of carboxylic acid groups (broad SMARTS) is 1. The third-order valence-electron chi connectivity index (χ3n) is 5.24. The highest BCUT2D eigenvalue weighted by Crippen LogP contribution is 2.33. The molecule has 2 amide bonds. The summed E-state index contributed by atoms with van der Waals surface area (Å²) >= 11 is 0. The van der Waals surface area contributed by atoms with Gasteiger partial charge in [-0.25, -0.2) is 4.79 Å². The smallest absolute Gasteiger partial charge is 0.407 e. The minimum absolute atomic E-state index is 0.0484. The summed E-state index contributed by atoms with van der Waals surface area (Å²) in [5.41, 5.74) is 1.62. The van der Waals surface area contributed by atoms with Gasteiger partial charge in [-0.1, -0.05) is 12.1 Å². The summed E-state index contributed by atoms with van der Waals surface area (Å²) in [5, 5.41) is 9.11. The molecule has 1 N–H and O–H groups in total. The van der Waals surface area contributed by atoms with Crippen LogP contribution in [-0.4, -0.2) is 52.1 Å². The van der Waals surface area contributed by atoms with Gasteiger partial charge in [0.05, 0.1) is 6.26 Å². The largest absolute Gasteiger partial charge is 0.465 e. The lowest BCUT2D eigenvalue weighted by atomic mass is 10.0. The molecular weight excluding hydrogens is 332 g/mol. The third kappa shape index (κ3) is 3.31. The van der Waals surface area contributed by atoms with Crippen LogP contribution < -0.4 is 0 Å². The Morgan fingerprint density at radius 3 is 2.19 bits per heavy atom. The van der Waals surface area contributed by atoms with Crippen molar-refractivity contribution in [1.82, 2.24) is 9.80 Å². The zero-order chi connectivity index (χ0) is 18.1. The molecule has 1 aliphatic heterocycles. The number of nitrogens with zero attached hydrogens (tertiary/aromatic N) is 2. The van der Waals surface area contributed by atoms with Crippen LogP contribution in [0.3, 0.4) is 0 Å². The topological polar surface area (TPSA) is 74.0 Å². The first kappa shape index (κ1) is 16.7. The molecule has 1 aliphatic carbocycles. The van der Waals surface area contributed by atoms with E-state index in [0.717, 1.165) is 24.2 Å². The van der Waals surface area contributed by atoms with Crippen molar-refractivity contribution in [1.29, 1.82) is 0 Å². The lowest BCUT2D eigenvalue weighted by Gasteiger charge is -2.38. The highest BCUT2D eigenvalue weighted by Gasteiger charge is 2.39. The van der Waals surface area contributed by atoms with Crippen molar-refractivity contribution in [2.24, 2.45) is 0 Å². The van der Waals surface area contributed by atoms with Gasteiger partial charge in [-0.2, -0.15) is 0 Å². The molecule has 1 saturated carbocycles. The fraction of sp³-hybridized carbons (Fsp3) is 0.400. The third-order valence-corrected chi connectivity index (χ3v) is 5.24. The van der Waals surface area contributed by atoms with E-state index in [2.05, 4.69) is 0 Å². The second-order valence-corrected chi connectivity index (χ2v) is 7.00. The van der Waals surface area contributed by atoms with Crippen LogP contribution in [0.2, 0.25) is 0 Å². The first-order chi connectivity index (χ1) is 12.6. The average Bonchev–Trinajstić information content (AvgIpc) is 3.34. The number of carbonyl (C=O) groups is 2. The van der Waals surface area contributed by atoms with Gasteiger partial charge < -0.3 is 19.3 Å². The molecule has 1 aromatic heterocycles. The van der Waals surface area contributed by atoms with E-state index >= 15 is 0 Å². The first-order valence-corrected chi connectivity index (χ1v) is 9.08. The Hall–Kier alpha value is -2.76. The Bertz CT molecular complexity index is 773. The van der Waals surface area contributed by atoms with Crippen LogP contribution >= 0.6 is 0 Å². The first-order valence-electron chi connectivity index (χ1n) is 9.08. The van der Waals surface area contributed by atoms with Gasteiger partial charge in [0.25, 0.3) is 5.91 Å². The standard InChI is InChI=1S/C20H22N2O4/c23-19(15-5-3-14(4-6-15)18-2-1-13-26-18)22(16-7-8-16)17-9-11-21(12-10-17)20(24)25/h1-6,13,16-17H,7-12H2,(H,24,25). The zero-order valence-corrected chi connectivity index (χ0v) is 14.5. The summed E-state index contributed by atoms with van der Waals surface area (Å²) in [7, 11) is 0. The molecule has 0 bridgehead atoms. The minimum Gasteiger partial charge on any atom is -0.465 e. The van der Waals surface area contributed by atoms with Crippen molar-refractivity contribution in [3.05, 3.63) is 48.2 Å². The second kappa shape index (κ2) is 6.86. The number of likely N-dealkylation sites (tertiary alicyclic amines) is 1. The maximum absolute atomic E-state index is 13.1. The molecule has 2 aromatic rings. The number of rotatable bonds is 4. The van der Waals surface area contributed by atoms with Gasteiger partial charge >= 0.3 is 6.09 Å². The van der Waals surface area contributed by atoms with Crippen LogP contribution in [0.15, 0.2) is 47.1 Å². The fourth-order valence-electron chi connectivity index (χ4n) is 3.69. The summed E-state index contributed by atoms with van der Waals surface area (Å²) in [6.07, 6.45) is 4.25. The van der Waals surface area contributed by atoms with Gasteiger partial charge in [0.1, 0.15) is 5.76 Å². The van der Waals surface area contributed by atoms with Crippen molar-refractivity contribution < 1.29 is 19.1 Å². The number of amides is 2. The molecule has 0 spiro atoms. The monoisotopic (exact) mass is 354 g/mol. The van der Waals surface area contributed by atoms with Gasteiger partial charge in [0.2, 0.25) is 0 Å². The molecule has 2 heterocycles. The number of benzene rings is 1. The molecule has 1 aromatic carbocycles. The van der Waals surface area contributed by atoms with Crippen molar-refractivity contribution in [2.45, 2.75) is 37.8 Å². The molecule has 136 valence electrons. The van der Waals surface area contributed by atoms with Gasteiger partial charge in [0, 0.05) is 36.3 Å². The Morgan fingerprint density at radius 2 is 1.65 bits per heavy atom. The molecule has 2 aliphatic rings. The van der Waals surface area contributed by atoms with E-state index < -0.39 is 6.09 Å². The maximum Gasteiger partial charge on any atom is 0.407 e. The Kier molecular flexibility index (Phi) is 4.41. The quantitative estimate of drug-likeness (QED) is 0.909. The van der Waals surface area contributed by atoms with Crippen molar-refractivity contribution >= 4 is 12.0 Å². The fourth-order valence-corrected chi connectivity index (χ4v) is 3.69. The van der Waals surface area contributed by atoms with E-state index in [9.17, 15) is 9.59 Å². The van der Waals surface area contributed by atoms with Gasteiger partial charge in [-0.15, -0.1) is 0 Å². The van der Waals surface area contributed by atoms with Crippen LogP contribution in [0, 0.1) is 0 Å². The van der Waals surface area contributed by atoms with Crippen LogP contribution in [0.25, 0.3) is 11.3 Å². The molecule has 2 fully saturated rings. The Balaban J connectivity index is 1.48. The van der Waals surface area contributed by atoms with Crippen LogP contribution in [0.1, 0.15) is 36.0 Å². The number of hydrogen-bond acceptors (Lipinski definition) is 3. The van der Waals surface area contributed by atoms with Crippen molar-refractivity contribution in [3.8, 4) is 11.3 Å². The predicted octanol–water partition coefficient (Wildman–Crippen LogP) is 3.69. The van der Waals surface area contributed by atoms with Crippen LogP contribution in [-0.2, 0) is 0 Å². The number of carbonyl (C=O) groups excluding carboxylic acids is 1. The van der Waals surface area contributed by atoms with E-state index in [4.69, 9.17) is 9.52 Å². The molecule has 0 radical (unpaired) electrons. The van der Waals surface area contributed by atoms with E-state index in [1.807, 2.05) is 41.3 Å². The lowest BCUT2D eigenvalue weighted by Crippen LogP contribution is -2.49. The van der Waals surface area contributed by atoms with E-state index in [-0.39, 0.29) is 11.9 Å². The molecule has 6 nitrogen and oxygen atoms in total. The average molecular weight is 354 g/mol. The minimum atomic E-state index is -0.874. The van der Waals surface area contributed by atoms with Crippen LogP contribution in [0.4, 0.5) is 4.79 Å². The highest BCUT2D eigenvalue weighted by atomic mass is 16.4. The summed E-state index contributed by atoms with van der Waals surface area (Å²) in [5.74, 6) is 0.830. The summed E-state index contributed by atoms with van der Waals surface area (Å²) in [6, 6.07) is 11.7. The zero-order valence-electron chi connectivity index (χ0n) is 14.5.